The van der Waals surface area contributed by atoms with Crippen LogP contribution in [0.25, 0.3) is 11.0 Å². The SMILES string of the molecule is CN1CCN(n2c(N)nc3c(F)cc(F)cc32)CC1. The van der Waals surface area contributed by atoms with Gasteiger partial charge >= 0.3 is 0 Å². The van der Waals surface area contributed by atoms with E-state index in [1.165, 1.54) is 6.07 Å². The third kappa shape index (κ3) is 1.99. The summed E-state index contributed by atoms with van der Waals surface area (Å²) in [6, 6.07) is 2.09. The van der Waals surface area contributed by atoms with Gasteiger partial charge in [0.15, 0.2) is 5.82 Å². The molecular formula is C12H15F2N5. The number of fused-ring (bicyclic) bond motifs is 1. The third-order valence-corrected chi connectivity index (χ3v) is 3.44. The minimum atomic E-state index is -0.686. The van der Waals surface area contributed by atoms with Gasteiger partial charge in [-0.1, -0.05) is 0 Å². The number of halogens is 2. The van der Waals surface area contributed by atoms with Crippen LogP contribution in [0.1, 0.15) is 0 Å². The molecule has 0 unspecified atom stereocenters. The molecule has 0 spiro atoms. The maximum absolute atomic E-state index is 13.7. The number of anilines is 1. The first kappa shape index (κ1) is 12.2. The zero-order valence-corrected chi connectivity index (χ0v) is 10.6. The number of imidazole rings is 1. The second-order valence-corrected chi connectivity index (χ2v) is 4.79. The number of likely N-dealkylation sites (N-methyl/N-ethyl adjacent to an activating group) is 1. The molecule has 1 aromatic heterocycles. The van der Waals surface area contributed by atoms with Gasteiger partial charge in [0.05, 0.1) is 5.52 Å². The molecule has 1 saturated heterocycles. The van der Waals surface area contributed by atoms with Crippen molar-refractivity contribution in [2.75, 3.05) is 44.0 Å². The zero-order chi connectivity index (χ0) is 13.6. The van der Waals surface area contributed by atoms with Gasteiger partial charge in [0.25, 0.3) is 0 Å². The molecular weight excluding hydrogens is 252 g/mol. The lowest BCUT2D eigenvalue weighted by Gasteiger charge is -2.35. The quantitative estimate of drug-likeness (QED) is 0.829. The average Bonchev–Trinajstić information content (AvgIpc) is 2.67. The van der Waals surface area contributed by atoms with Gasteiger partial charge in [-0.05, 0) is 7.05 Å². The van der Waals surface area contributed by atoms with Gasteiger partial charge in [-0.25, -0.2) is 18.4 Å². The summed E-state index contributed by atoms with van der Waals surface area (Å²) in [7, 11) is 2.03. The highest BCUT2D eigenvalue weighted by Gasteiger charge is 2.21. The number of aromatic nitrogens is 2. The molecule has 1 fully saturated rings. The van der Waals surface area contributed by atoms with Crippen LogP contribution in [0.2, 0.25) is 0 Å². The van der Waals surface area contributed by atoms with Gasteiger partial charge < -0.3 is 15.6 Å². The lowest BCUT2D eigenvalue weighted by Crippen LogP contribution is -2.50. The fraction of sp³-hybridized carbons (Fsp3) is 0.417. The molecule has 0 saturated carbocycles. The Morgan fingerprint density at radius 3 is 2.53 bits per heavy atom. The number of benzene rings is 1. The lowest BCUT2D eigenvalue weighted by atomic mass is 10.3. The minimum Gasteiger partial charge on any atom is -0.368 e. The molecule has 2 N–H and O–H groups in total. The van der Waals surface area contributed by atoms with Crippen molar-refractivity contribution in [2.45, 2.75) is 0 Å². The number of rotatable bonds is 1. The molecule has 5 nitrogen and oxygen atoms in total. The molecule has 0 bridgehead atoms. The fourth-order valence-electron chi connectivity index (χ4n) is 2.40. The van der Waals surface area contributed by atoms with Gasteiger partial charge in [-0.2, -0.15) is 0 Å². The summed E-state index contributed by atoms with van der Waals surface area (Å²) in [5, 5.41) is 1.96. The number of hydrogen-bond acceptors (Lipinski definition) is 4. The Hall–Kier alpha value is -1.89. The van der Waals surface area contributed by atoms with Gasteiger partial charge in [-0.3, -0.25) is 0 Å². The van der Waals surface area contributed by atoms with E-state index in [4.69, 9.17) is 5.73 Å². The van der Waals surface area contributed by atoms with Crippen LogP contribution >= 0.6 is 0 Å². The number of piperazine rings is 1. The van der Waals surface area contributed by atoms with E-state index in [1.807, 2.05) is 12.1 Å². The Morgan fingerprint density at radius 2 is 1.84 bits per heavy atom. The summed E-state index contributed by atoms with van der Waals surface area (Å²) in [6.45, 7) is 3.22. The largest absolute Gasteiger partial charge is 0.368 e. The molecule has 1 aliphatic heterocycles. The number of nitrogens with two attached hydrogens (primary N) is 1. The normalized spacial score (nSPS) is 17.3. The topological polar surface area (TPSA) is 50.3 Å². The maximum atomic E-state index is 13.7. The summed E-state index contributed by atoms with van der Waals surface area (Å²) < 4.78 is 28.6. The minimum absolute atomic E-state index is 0.109. The van der Waals surface area contributed by atoms with Gasteiger partial charge in [0.1, 0.15) is 11.3 Å². The summed E-state index contributed by atoms with van der Waals surface area (Å²) in [4.78, 5) is 6.18. The fourth-order valence-corrected chi connectivity index (χ4v) is 2.40. The van der Waals surface area contributed by atoms with Crippen LogP contribution in [0.4, 0.5) is 14.7 Å². The Labute approximate surface area is 109 Å². The molecule has 0 aliphatic carbocycles. The second-order valence-electron chi connectivity index (χ2n) is 4.79. The Bertz CT molecular complexity index is 616. The standard InChI is InChI=1S/C12H15F2N5/c1-17-2-4-18(5-3-17)19-10-7-8(13)6-9(14)11(10)16-12(19)15/h6-7H,2-5H2,1H3,(H2,15,16). The van der Waals surface area contributed by atoms with E-state index in [1.54, 1.807) is 4.68 Å². The molecule has 19 heavy (non-hydrogen) atoms. The molecule has 3 rings (SSSR count). The van der Waals surface area contributed by atoms with Crippen molar-refractivity contribution in [1.82, 2.24) is 14.6 Å². The molecule has 0 radical (unpaired) electrons. The first-order valence-electron chi connectivity index (χ1n) is 6.13. The summed E-state index contributed by atoms with van der Waals surface area (Å²) in [5.74, 6) is -1.13. The van der Waals surface area contributed by atoms with Crippen LogP contribution < -0.4 is 10.7 Å². The molecule has 1 aromatic carbocycles. The van der Waals surface area contributed by atoms with Crippen LogP contribution in [-0.2, 0) is 0 Å². The van der Waals surface area contributed by atoms with Gasteiger partial charge in [-0.15, -0.1) is 0 Å². The van der Waals surface area contributed by atoms with Gasteiger partial charge in [0, 0.05) is 38.3 Å². The van der Waals surface area contributed by atoms with Crippen LogP contribution in [0.5, 0.6) is 0 Å². The molecule has 1 aliphatic rings. The van der Waals surface area contributed by atoms with E-state index in [2.05, 4.69) is 9.88 Å². The van der Waals surface area contributed by atoms with E-state index in [0.29, 0.717) is 5.52 Å². The second kappa shape index (κ2) is 4.34. The summed E-state index contributed by atoms with van der Waals surface area (Å²) in [5.41, 5.74) is 6.33. The number of nitrogen functional groups attached to an aromatic ring is 1. The lowest BCUT2D eigenvalue weighted by molar-refractivity contribution is 0.290. The number of hydrogen-bond donors (Lipinski definition) is 1. The highest BCUT2D eigenvalue weighted by atomic mass is 19.1. The van der Waals surface area contributed by atoms with Crippen LogP contribution in [0.15, 0.2) is 12.1 Å². The monoisotopic (exact) mass is 267 g/mol. The van der Waals surface area contributed by atoms with Crippen molar-refractivity contribution in [3.05, 3.63) is 23.8 Å². The molecule has 102 valence electrons. The summed E-state index contributed by atoms with van der Waals surface area (Å²) >= 11 is 0. The Balaban J connectivity index is 2.10. The van der Waals surface area contributed by atoms with Crippen LogP contribution in [0.3, 0.4) is 0 Å². The van der Waals surface area contributed by atoms with Crippen molar-refractivity contribution in [1.29, 1.82) is 0 Å². The van der Waals surface area contributed by atoms with Crippen molar-refractivity contribution < 1.29 is 8.78 Å². The predicted molar refractivity (Wildman–Crippen MR) is 69.5 cm³/mol. The van der Waals surface area contributed by atoms with Crippen molar-refractivity contribution in [3.63, 3.8) is 0 Å². The molecule has 7 heteroatoms. The highest BCUT2D eigenvalue weighted by Crippen LogP contribution is 2.22. The first-order valence-corrected chi connectivity index (χ1v) is 6.13. The van der Waals surface area contributed by atoms with Crippen molar-refractivity contribution >= 4 is 17.0 Å². The first-order chi connectivity index (χ1) is 9.06. The van der Waals surface area contributed by atoms with Crippen molar-refractivity contribution in [2.24, 2.45) is 0 Å². The van der Waals surface area contributed by atoms with Gasteiger partial charge in [0.2, 0.25) is 5.95 Å². The Morgan fingerprint density at radius 1 is 1.16 bits per heavy atom. The third-order valence-electron chi connectivity index (χ3n) is 3.44. The van der Waals surface area contributed by atoms with E-state index < -0.39 is 11.6 Å². The molecule has 2 heterocycles. The molecule has 2 aromatic rings. The predicted octanol–water partition coefficient (Wildman–Crippen LogP) is 0.780. The zero-order valence-electron chi connectivity index (χ0n) is 10.6. The van der Waals surface area contributed by atoms with E-state index in [9.17, 15) is 8.78 Å². The smallest absolute Gasteiger partial charge is 0.220 e. The van der Waals surface area contributed by atoms with E-state index in [0.717, 1.165) is 32.2 Å². The van der Waals surface area contributed by atoms with E-state index >= 15 is 0 Å². The van der Waals surface area contributed by atoms with Crippen LogP contribution in [0, 0.1) is 11.6 Å². The molecule has 0 amide bonds. The number of nitrogens with zero attached hydrogens (tertiary/aromatic N) is 4. The average molecular weight is 267 g/mol. The van der Waals surface area contributed by atoms with Crippen molar-refractivity contribution in [3.8, 4) is 0 Å². The van der Waals surface area contributed by atoms with E-state index in [-0.39, 0.29) is 11.5 Å². The maximum Gasteiger partial charge on any atom is 0.220 e. The highest BCUT2D eigenvalue weighted by molar-refractivity contribution is 5.79. The Kier molecular flexibility index (Phi) is 2.78. The summed E-state index contributed by atoms with van der Waals surface area (Å²) in [6.07, 6.45) is 0. The molecule has 0 atom stereocenters. The van der Waals surface area contributed by atoms with Crippen LogP contribution in [-0.4, -0.2) is 47.8 Å².